The average molecular weight is 526 g/mol. The van der Waals surface area contributed by atoms with Crippen LogP contribution in [0.2, 0.25) is 0 Å². The molecule has 202 valence electrons. The summed E-state index contributed by atoms with van der Waals surface area (Å²) in [5.74, 6) is -0.425. The fourth-order valence-corrected chi connectivity index (χ4v) is 4.61. The van der Waals surface area contributed by atoms with E-state index in [0.717, 1.165) is 35.5 Å². The van der Waals surface area contributed by atoms with Gasteiger partial charge in [0.05, 0.1) is 17.0 Å². The molecule has 0 atom stereocenters. The highest BCUT2D eigenvalue weighted by Crippen LogP contribution is 2.42. The molecule has 0 saturated heterocycles. The summed E-state index contributed by atoms with van der Waals surface area (Å²) < 4.78 is 0. The van der Waals surface area contributed by atoms with Crippen molar-refractivity contribution >= 4 is 46.2 Å². The van der Waals surface area contributed by atoms with Crippen LogP contribution in [-0.4, -0.2) is 57.0 Å². The van der Waals surface area contributed by atoms with E-state index in [1.807, 2.05) is 98.7 Å². The molecule has 1 heterocycles. The quantitative estimate of drug-likeness (QED) is 0.412. The third-order valence-corrected chi connectivity index (χ3v) is 6.73. The van der Waals surface area contributed by atoms with Gasteiger partial charge in [-0.2, -0.15) is 0 Å². The molecule has 4 amide bonds. The highest BCUT2D eigenvalue weighted by Gasteiger charge is 2.39. The Morgan fingerprint density at radius 2 is 1.62 bits per heavy atom. The van der Waals surface area contributed by atoms with Gasteiger partial charge in [-0.3, -0.25) is 9.59 Å². The Balaban J connectivity index is 1.79. The fourth-order valence-electron chi connectivity index (χ4n) is 4.61. The molecule has 0 spiro atoms. The van der Waals surface area contributed by atoms with Crippen molar-refractivity contribution in [3.63, 3.8) is 0 Å². The molecule has 0 radical (unpaired) electrons. The van der Waals surface area contributed by atoms with Crippen LogP contribution in [0.3, 0.4) is 0 Å². The molecule has 0 unspecified atom stereocenters. The van der Waals surface area contributed by atoms with Crippen molar-refractivity contribution in [1.29, 1.82) is 0 Å². The van der Waals surface area contributed by atoms with E-state index >= 15 is 0 Å². The topological polar surface area (TPSA) is 85.0 Å². The smallest absolute Gasteiger partial charge is 0.328 e. The number of nitrogens with one attached hydrogen (secondary N) is 2. The molecule has 8 heteroatoms. The van der Waals surface area contributed by atoms with Crippen LogP contribution >= 0.6 is 0 Å². The van der Waals surface area contributed by atoms with E-state index < -0.39 is 11.9 Å². The van der Waals surface area contributed by atoms with E-state index in [0.29, 0.717) is 29.1 Å². The maximum atomic E-state index is 13.8. The number of hydrogen-bond donors (Lipinski definition) is 2. The number of rotatable bonds is 8. The zero-order chi connectivity index (χ0) is 28.1. The van der Waals surface area contributed by atoms with Crippen LogP contribution in [0.25, 0.3) is 11.3 Å². The molecule has 0 aromatic heterocycles. The van der Waals surface area contributed by atoms with Gasteiger partial charge in [0, 0.05) is 44.0 Å². The summed E-state index contributed by atoms with van der Waals surface area (Å²) in [6.07, 6.45) is 0.782. The number of hydrogen-bond acceptors (Lipinski definition) is 5. The van der Waals surface area contributed by atoms with Crippen molar-refractivity contribution in [2.75, 3.05) is 49.3 Å². The predicted octanol–water partition coefficient (Wildman–Crippen LogP) is 4.83. The lowest BCUT2D eigenvalue weighted by atomic mass is 9.98. The number of imide groups is 1. The Hall–Kier alpha value is -4.43. The molecule has 8 nitrogen and oxygen atoms in total. The van der Waals surface area contributed by atoms with Crippen molar-refractivity contribution in [2.45, 2.75) is 20.3 Å². The first-order valence-electron chi connectivity index (χ1n) is 13.0. The van der Waals surface area contributed by atoms with E-state index in [1.54, 1.807) is 11.8 Å². The Morgan fingerprint density at radius 3 is 2.21 bits per heavy atom. The summed E-state index contributed by atoms with van der Waals surface area (Å²) in [5.41, 5.74) is 5.66. The number of likely N-dealkylation sites (N-methyl/N-ethyl adjacent to an activating group) is 1. The van der Waals surface area contributed by atoms with Crippen LogP contribution in [0, 0.1) is 0 Å². The predicted molar refractivity (Wildman–Crippen MR) is 158 cm³/mol. The highest BCUT2D eigenvalue weighted by molar-refractivity contribution is 6.43. The first-order valence-corrected chi connectivity index (χ1v) is 13.0. The minimum Gasteiger partial charge on any atom is -0.354 e. The van der Waals surface area contributed by atoms with Gasteiger partial charge in [-0.05, 0) is 62.0 Å². The maximum Gasteiger partial charge on any atom is 0.328 e. The zero-order valence-electron chi connectivity index (χ0n) is 23.1. The SMILES string of the molecule is CCc1ccc2c(c1)N(C(=O)NC)C(=O)C2=C(Nc1ccc(N(CCN(C)C)C(C)=O)cc1)c1ccccc1. The summed E-state index contributed by atoms with van der Waals surface area (Å²) in [7, 11) is 5.46. The molecular weight excluding hydrogens is 490 g/mol. The fraction of sp³-hybridized carbons (Fsp3) is 0.258. The second-order valence-corrected chi connectivity index (χ2v) is 9.66. The normalized spacial score (nSPS) is 13.8. The molecule has 0 bridgehead atoms. The molecule has 1 aliphatic rings. The third-order valence-electron chi connectivity index (χ3n) is 6.73. The molecular formula is C31H35N5O3. The number of fused-ring (bicyclic) bond motifs is 1. The lowest BCUT2D eigenvalue weighted by molar-refractivity contribution is -0.116. The molecule has 2 N–H and O–H groups in total. The van der Waals surface area contributed by atoms with Gasteiger partial charge in [-0.1, -0.05) is 49.4 Å². The molecule has 1 aliphatic heterocycles. The van der Waals surface area contributed by atoms with Crippen molar-refractivity contribution in [2.24, 2.45) is 0 Å². The van der Waals surface area contributed by atoms with Crippen LogP contribution in [0.1, 0.15) is 30.5 Å². The molecule has 0 aliphatic carbocycles. The van der Waals surface area contributed by atoms with Gasteiger partial charge in [0.15, 0.2) is 0 Å². The minimum atomic E-state index is -0.483. The van der Waals surface area contributed by atoms with Crippen LogP contribution in [-0.2, 0) is 16.0 Å². The van der Waals surface area contributed by atoms with Crippen LogP contribution in [0.4, 0.5) is 21.9 Å². The summed E-state index contributed by atoms with van der Waals surface area (Å²) in [4.78, 5) is 43.9. The van der Waals surface area contributed by atoms with E-state index in [1.165, 1.54) is 11.9 Å². The van der Waals surface area contributed by atoms with E-state index in [4.69, 9.17) is 0 Å². The molecule has 0 fully saturated rings. The van der Waals surface area contributed by atoms with Gasteiger partial charge < -0.3 is 20.4 Å². The largest absolute Gasteiger partial charge is 0.354 e. The Morgan fingerprint density at radius 1 is 0.923 bits per heavy atom. The number of carbonyl (C=O) groups is 3. The monoisotopic (exact) mass is 525 g/mol. The summed E-state index contributed by atoms with van der Waals surface area (Å²) in [6.45, 7) is 4.92. The highest BCUT2D eigenvalue weighted by atomic mass is 16.2. The van der Waals surface area contributed by atoms with Crippen molar-refractivity contribution in [3.8, 4) is 0 Å². The van der Waals surface area contributed by atoms with E-state index in [9.17, 15) is 14.4 Å². The van der Waals surface area contributed by atoms with Crippen LogP contribution in [0.5, 0.6) is 0 Å². The number of nitrogens with zero attached hydrogens (tertiary/aromatic N) is 3. The van der Waals surface area contributed by atoms with Crippen LogP contribution in [0.15, 0.2) is 72.8 Å². The Labute approximate surface area is 229 Å². The molecule has 3 aromatic carbocycles. The first-order chi connectivity index (χ1) is 18.7. The second-order valence-electron chi connectivity index (χ2n) is 9.66. The molecule has 4 rings (SSSR count). The zero-order valence-corrected chi connectivity index (χ0v) is 23.1. The average Bonchev–Trinajstić information content (AvgIpc) is 3.22. The van der Waals surface area contributed by atoms with Gasteiger partial charge in [0.1, 0.15) is 0 Å². The molecule has 39 heavy (non-hydrogen) atoms. The summed E-state index contributed by atoms with van der Waals surface area (Å²) in [6, 6.07) is 22.5. The molecule has 0 saturated carbocycles. The summed E-state index contributed by atoms with van der Waals surface area (Å²) in [5, 5.41) is 6.04. The van der Waals surface area contributed by atoms with Gasteiger partial charge >= 0.3 is 6.03 Å². The van der Waals surface area contributed by atoms with Gasteiger partial charge in [-0.25, -0.2) is 9.69 Å². The Kier molecular flexibility index (Phi) is 8.46. The summed E-state index contributed by atoms with van der Waals surface area (Å²) >= 11 is 0. The Bertz CT molecular complexity index is 1400. The van der Waals surface area contributed by atoms with E-state index in [-0.39, 0.29) is 5.91 Å². The van der Waals surface area contributed by atoms with Crippen LogP contribution < -0.4 is 20.4 Å². The first kappa shape index (κ1) is 27.6. The third kappa shape index (κ3) is 5.86. The number of anilines is 3. The van der Waals surface area contributed by atoms with Crippen molar-refractivity contribution in [1.82, 2.24) is 10.2 Å². The minimum absolute atomic E-state index is 0.0291. The second kappa shape index (κ2) is 12.0. The lowest BCUT2D eigenvalue weighted by Crippen LogP contribution is -2.40. The number of benzene rings is 3. The number of carbonyl (C=O) groups excluding carboxylic acids is 3. The standard InChI is InChI=1S/C31H35N5O3/c1-6-22-12-17-26-27(20-22)36(31(39)32-3)30(38)28(26)29(23-10-8-7-9-11-23)33-24-13-15-25(16-14-24)35(21(2)37)19-18-34(4)5/h7-17,20,33H,6,18-19H2,1-5H3,(H,32,39). The molecule has 3 aromatic rings. The number of amides is 4. The maximum absolute atomic E-state index is 13.8. The number of urea groups is 1. The van der Waals surface area contributed by atoms with Crippen molar-refractivity contribution < 1.29 is 14.4 Å². The van der Waals surface area contributed by atoms with Crippen molar-refractivity contribution in [3.05, 3.63) is 89.5 Å². The van der Waals surface area contributed by atoms with Gasteiger partial charge in [-0.15, -0.1) is 0 Å². The lowest BCUT2D eigenvalue weighted by Gasteiger charge is -2.23. The number of aryl methyl sites for hydroxylation is 1. The van der Waals surface area contributed by atoms with E-state index in [2.05, 4.69) is 10.6 Å². The van der Waals surface area contributed by atoms with Gasteiger partial charge in [0.2, 0.25) is 5.91 Å². The van der Waals surface area contributed by atoms with Gasteiger partial charge in [0.25, 0.3) is 5.91 Å².